The molecule has 0 aromatic heterocycles. The zero-order chi connectivity index (χ0) is 9.61. The minimum atomic E-state index is -2.49. The van der Waals surface area contributed by atoms with Gasteiger partial charge in [-0.2, -0.15) is 5.26 Å². The molecule has 0 heterocycles. The fourth-order valence-electron chi connectivity index (χ4n) is 0.624. The number of nitriles is 1. The van der Waals surface area contributed by atoms with Crippen LogP contribution in [0.1, 0.15) is 20.3 Å². The lowest BCUT2D eigenvalue weighted by Crippen LogP contribution is -2.01. The predicted molar refractivity (Wildman–Crippen MR) is 49.4 cm³/mol. The van der Waals surface area contributed by atoms with Gasteiger partial charge in [0.1, 0.15) is 0 Å². The monoisotopic (exact) mass is 189 g/mol. The molecular weight excluding hydrogens is 173 g/mol. The summed E-state index contributed by atoms with van der Waals surface area (Å²) in [6, 6.07) is 1.96. The van der Waals surface area contributed by atoms with Crippen molar-refractivity contribution in [3.05, 3.63) is 0 Å². The number of hydrogen-bond donors (Lipinski definition) is 0. The molecule has 0 rings (SSSR count). The zero-order valence-corrected chi connectivity index (χ0v) is 8.80. The first-order valence-electron chi connectivity index (χ1n) is 4.06. The quantitative estimate of drug-likeness (QED) is 0.624. The lowest BCUT2D eigenvalue weighted by molar-refractivity contribution is 0.273. The molecular formula is C8H16NO2P. The van der Waals surface area contributed by atoms with Crippen LogP contribution in [0.2, 0.25) is 0 Å². The van der Waals surface area contributed by atoms with Gasteiger partial charge in [-0.05, 0) is 5.92 Å². The molecule has 0 bridgehead atoms. The second-order valence-electron chi connectivity index (χ2n) is 3.34. The molecule has 0 aromatic rings. The second kappa shape index (κ2) is 5.35. The normalized spacial score (nSPS) is 15.6. The largest absolute Gasteiger partial charge is 0.328 e. The van der Waals surface area contributed by atoms with Gasteiger partial charge >= 0.3 is 0 Å². The van der Waals surface area contributed by atoms with Gasteiger partial charge in [0.25, 0.3) is 0 Å². The predicted octanol–water partition coefficient (Wildman–Crippen LogP) is 2.48. The van der Waals surface area contributed by atoms with Crippen LogP contribution in [0, 0.1) is 17.2 Å². The summed E-state index contributed by atoms with van der Waals surface area (Å²) in [5.41, 5.74) is 0. The van der Waals surface area contributed by atoms with Gasteiger partial charge in [-0.25, -0.2) is 0 Å². The summed E-state index contributed by atoms with van der Waals surface area (Å²) in [6.45, 7) is 6.11. The highest BCUT2D eigenvalue weighted by Crippen LogP contribution is 2.43. The Morgan fingerprint density at radius 2 is 2.17 bits per heavy atom. The standard InChI is InChI=1S/C8H16NO2P/c1-8(2)7-11-12(3,10)6-4-5-9/h8H,4,6-7H2,1-3H3/t12-/m0/s1. The average molecular weight is 189 g/mol. The molecule has 0 saturated heterocycles. The van der Waals surface area contributed by atoms with Crippen molar-refractivity contribution in [2.24, 2.45) is 5.92 Å². The van der Waals surface area contributed by atoms with Crippen molar-refractivity contribution in [2.75, 3.05) is 19.4 Å². The highest BCUT2D eigenvalue weighted by molar-refractivity contribution is 7.58. The van der Waals surface area contributed by atoms with Crippen molar-refractivity contribution in [1.82, 2.24) is 0 Å². The Bertz CT molecular complexity index is 208. The molecule has 0 N–H and O–H groups in total. The van der Waals surface area contributed by atoms with Gasteiger partial charge in [-0.1, -0.05) is 13.8 Å². The topological polar surface area (TPSA) is 50.1 Å². The van der Waals surface area contributed by atoms with Crippen molar-refractivity contribution in [3.63, 3.8) is 0 Å². The molecule has 3 nitrogen and oxygen atoms in total. The molecule has 70 valence electrons. The van der Waals surface area contributed by atoms with Crippen molar-refractivity contribution >= 4 is 7.37 Å². The molecule has 1 atom stereocenters. The molecule has 4 heteroatoms. The minimum absolute atomic E-state index is 0.311. The molecule has 0 aliphatic heterocycles. The lowest BCUT2D eigenvalue weighted by Gasteiger charge is -2.13. The van der Waals surface area contributed by atoms with Crippen molar-refractivity contribution in [3.8, 4) is 6.07 Å². The van der Waals surface area contributed by atoms with Crippen LogP contribution in [0.5, 0.6) is 0 Å². The van der Waals surface area contributed by atoms with Crippen molar-refractivity contribution < 1.29 is 9.09 Å². The van der Waals surface area contributed by atoms with Crippen LogP contribution in [0.25, 0.3) is 0 Å². The van der Waals surface area contributed by atoms with Gasteiger partial charge in [0.05, 0.1) is 12.7 Å². The summed E-state index contributed by atoms with van der Waals surface area (Å²) in [4.78, 5) is 0. The van der Waals surface area contributed by atoms with E-state index in [0.29, 0.717) is 25.1 Å². The molecule has 0 saturated carbocycles. The van der Waals surface area contributed by atoms with Gasteiger partial charge in [0.2, 0.25) is 7.37 Å². The molecule has 0 amide bonds. The molecule has 0 aliphatic carbocycles. The smallest absolute Gasteiger partial charge is 0.201 e. The highest BCUT2D eigenvalue weighted by Gasteiger charge is 2.15. The van der Waals surface area contributed by atoms with E-state index in [4.69, 9.17) is 9.79 Å². The third-order valence-electron chi connectivity index (χ3n) is 1.31. The highest BCUT2D eigenvalue weighted by atomic mass is 31.2. The summed E-state index contributed by atoms with van der Waals surface area (Å²) in [7, 11) is -2.49. The Morgan fingerprint density at radius 3 is 2.58 bits per heavy atom. The van der Waals surface area contributed by atoms with Gasteiger partial charge in [-0.3, -0.25) is 4.57 Å². The van der Waals surface area contributed by atoms with Gasteiger partial charge in [-0.15, -0.1) is 0 Å². The third kappa shape index (κ3) is 6.39. The maximum atomic E-state index is 11.5. The van der Waals surface area contributed by atoms with Crippen LogP contribution in [0.15, 0.2) is 0 Å². The van der Waals surface area contributed by atoms with E-state index < -0.39 is 7.37 Å². The Balaban J connectivity index is 3.73. The van der Waals surface area contributed by atoms with Gasteiger partial charge < -0.3 is 4.52 Å². The van der Waals surface area contributed by atoms with Gasteiger partial charge in [0.15, 0.2) is 0 Å². The summed E-state index contributed by atoms with van der Waals surface area (Å²) in [5, 5.41) is 8.28. The first-order valence-corrected chi connectivity index (χ1v) is 6.31. The van der Waals surface area contributed by atoms with E-state index in [2.05, 4.69) is 0 Å². The van der Waals surface area contributed by atoms with E-state index in [-0.39, 0.29) is 0 Å². The average Bonchev–Trinajstić information content (AvgIpc) is 1.98. The molecule has 0 aromatic carbocycles. The summed E-state index contributed by atoms with van der Waals surface area (Å²) in [6.07, 6.45) is 0.683. The number of hydrogen-bond acceptors (Lipinski definition) is 3. The Morgan fingerprint density at radius 1 is 1.58 bits per heavy atom. The first kappa shape index (κ1) is 11.7. The van der Waals surface area contributed by atoms with E-state index in [1.165, 1.54) is 0 Å². The van der Waals surface area contributed by atoms with Crippen LogP contribution >= 0.6 is 7.37 Å². The van der Waals surface area contributed by atoms with E-state index in [0.717, 1.165) is 0 Å². The van der Waals surface area contributed by atoms with E-state index >= 15 is 0 Å². The van der Waals surface area contributed by atoms with Crippen molar-refractivity contribution in [1.29, 1.82) is 5.26 Å². The third-order valence-corrected chi connectivity index (χ3v) is 3.04. The number of rotatable bonds is 5. The minimum Gasteiger partial charge on any atom is -0.328 e. The van der Waals surface area contributed by atoms with E-state index in [1.807, 2.05) is 19.9 Å². The van der Waals surface area contributed by atoms with Crippen LogP contribution in [0.3, 0.4) is 0 Å². The molecule has 0 spiro atoms. The van der Waals surface area contributed by atoms with Crippen LogP contribution in [0.4, 0.5) is 0 Å². The summed E-state index contributed by atoms with van der Waals surface area (Å²) in [5.74, 6) is 0.389. The Labute approximate surface area is 74.2 Å². The summed E-state index contributed by atoms with van der Waals surface area (Å²) >= 11 is 0. The zero-order valence-electron chi connectivity index (χ0n) is 7.91. The lowest BCUT2D eigenvalue weighted by atomic mass is 10.2. The molecule has 0 fully saturated rings. The Hall–Kier alpha value is -0.320. The number of nitrogens with zero attached hydrogens (tertiary/aromatic N) is 1. The van der Waals surface area contributed by atoms with Crippen LogP contribution in [-0.4, -0.2) is 19.4 Å². The first-order chi connectivity index (χ1) is 5.48. The maximum Gasteiger partial charge on any atom is 0.201 e. The van der Waals surface area contributed by atoms with Crippen LogP contribution in [-0.2, 0) is 9.09 Å². The Kier molecular flexibility index (Phi) is 5.20. The van der Waals surface area contributed by atoms with E-state index in [1.54, 1.807) is 6.66 Å². The van der Waals surface area contributed by atoms with Gasteiger partial charge in [0, 0.05) is 19.2 Å². The SMILES string of the molecule is CC(C)CO[P@](C)(=O)CCC#N. The second-order valence-corrected chi connectivity index (χ2v) is 6.07. The fraction of sp³-hybridized carbons (Fsp3) is 0.875. The molecule has 0 aliphatic rings. The molecule has 0 radical (unpaired) electrons. The van der Waals surface area contributed by atoms with E-state index in [9.17, 15) is 4.57 Å². The maximum absolute atomic E-state index is 11.5. The fourth-order valence-corrected chi connectivity index (χ4v) is 1.87. The molecule has 12 heavy (non-hydrogen) atoms. The van der Waals surface area contributed by atoms with Crippen LogP contribution < -0.4 is 0 Å². The summed E-state index contributed by atoms with van der Waals surface area (Å²) < 4.78 is 16.7. The van der Waals surface area contributed by atoms with Crippen molar-refractivity contribution in [2.45, 2.75) is 20.3 Å². The molecule has 0 unspecified atom stereocenters.